The van der Waals surface area contributed by atoms with Crippen molar-refractivity contribution in [2.24, 2.45) is 0 Å². The summed E-state index contributed by atoms with van der Waals surface area (Å²) in [5, 5.41) is 10.9. The summed E-state index contributed by atoms with van der Waals surface area (Å²) in [6.45, 7) is 0.0268. The number of nitrogens with zero attached hydrogens (tertiary/aromatic N) is 1. The van der Waals surface area contributed by atoms with Gasteiger partial charge in [-0.25, -0.2) is 4.39 Å². The van der Waals surface area contributed by atoms with E-state index in [-0.39, 0.29) is 17.9 Å². The maximum Gasteiger partial charge on any atom is 0.296 e. The molecule has 1 atom stereocenters. The van der Waals surface area contributed by atoms with Gasteiger partial charge < -0.3 is 19.2 Å². The number of aliphatic hydroxyl groups excluding tert-OH is 1. The lowest BCUT2D eigenvalue weighted by atomic mass is 9.95. The Hall–Kier alpha value is -3.87. The molecular weight excluding hydrogens is 389 g/mol. The maximum atomic E-state index is 13.5. The number of furan rings is 1. The first-order chi connectivity index (χ1) is 14.5. The van der Waals surface area contributed by atoms with Crippen LogP contribution in [0.15, 0.2) is 76.9 Å². The minimum atomic E-state index is -0.891. The Labute approximate surface area is 171 Å². The second-order valence-corrected chi connectivity index (χ2v) is 6.79. The molecule has 3 aromatic rings. The van der Waals surface area contributed by atoms with E-state index in [4.69, 9.17) is 9.15 Å². The number of carbonyl (C=O) groups excluding carboxylic acids is 2. The third kappa shape index (κ3) is 3.45. The molecule has 7 heteroatoms. The van der Waals surface area contributed by atoms with Gasteiger partial charge in [-0.3, -0.25) is 9.59 Å². The van der Waals surface area contributed by atoms with Crippen molar-refractivity contribution < 1.29 is 28.2 Å². The van der Waals surface area contributed by atoms with Gasteiger partial charge in [0.1, 0.15) is 23.1 Å². The van der Waals surface area contributed by atoms with Crippen molar-refractivity contribution in [3.63, 3.8) is 0 Å². The highest BCUT2D eigenvalue weighted by Crippen LogP contribution is 2.40. The topological polar surface area (TPSA) is 80.0 Å². The van der Waals surface area contributed by atoms with Gasteiger partial charge in [0.25, 0.3) is 11.7 Å². The van der Waals surface area contributed by atoms with E-state index < -0.39 is 23.5 Å². The summed E-state index contributed by atoms with van der Waals surface area (Å²) in [6, 6.07) is 14.4. The number of likely N-dealkylation sites (tertiary alicyclic amines) is 1. The molecule has 4 rings (SSSR count). The molecule has 0 aliphatic carbocycles. The van der Waals surface area contributed by atoms with Crippen LogP contribution in [0.25, 0.3) is 5.76 Å². The van der Waals surface area contributed by atoms with Crippen LogP contribution in [0.1, 0.15) is 22.9 Å². The van der Waals surface area contributed by atoms with Gasteiger partial charge in [0, 0.05) is 5.56 Å². The number of ketones is 1. The Kier molecular flexibility index (Phi) is 5.10. The molecule has 0 unspecified atom stereocenters. The van der Waals surface area contributed by atoms with E-state index in [2.05, 4.69) is 0 Å². The number of amides is 1. The monoisotopic (exact) mass is 407 g/mol. The number of Topliss-reactive ketones (excluding diaryl/α,β-unsaturated/α-hetero) is 1. The van der Waals surface area contributed by atoms with Crippen LogP contribution in [-0.2, 0) is 16.1 Å². The molecule has 1 saturated heterocycles. The molecule has 0 bridgehead atoms. The average Bonchev–Trinajstić information content (AvgIpc) is 3.36. The summed E-state index contributed by atoms with van der Waals surface area (Å²) in [5.74, 6) is -1.28. The van der Waals surface area contributed by atoms with E-state index in [1.807, 2.05) is 0 Å². The lowest BCUT2D eigenvalue weighted by Crippen LogP contribution is -2.29. The zero-order valence-electron chi connectivity index (χ0n) is 16.0. The van der Waals surface area contributed by atoms with Gasteiger partial charge >= 0.3 is 0 Å². The molecule has 2 heterocycles. The van der Waals surface area contributed by atoms with E-state index in [9.17, 15) is 19.1 Å². The van der Waals surface area contributed by atoms with Gasteiger partial charge in [-0.05, 0) is 54.1 Å². The van der Waals surface area contributed by atoms with Crippen molar-refractivity contribution in [1.29, 1.82) is 0 Å². The first-order valence-corrected chi connectivity index (χ1v) is 9.20. The lowest BCUT2D eigenvalue weighted by Gasteiger charge is -2.24. The standard InChI is InChI=1S/C23H18FNO5/c1-29-17-10-6-15(7-11-17)21(26)19-20(14-4-8-16(24)9-5-14)25(23(28)22(19)27)13-18-3-2-12-30-18/h2-12,20,26H,13H2,1H3/b21-19+/t20-/m1/s1. The molecule has 1 aliphatic rings. The average molecular weight is 407 g/mol. The quantitative estimate of drug-likeness (QED) is 0.392. The third-order valence-corrected chi connectivity index (χ3v) is 5.00. The van der Waals surface area contributed by atoms with Crippen LogP contribution in [0.3, 0.4) is 0 Å². The Morgan fingerprint density at radius 1 is 1.10 bits per heavy atom. The van der Waals surface area contributed by atoms with Gasteiger partial charge in [-0.1, -0.05) is 12.1 Å². The van der Waals surface area contributed by atoms with Gasteiger partial charge in [0.05, 0.1) is 31.5 Å². The first kappa shape index (κ1) is 19.4. The van der Waals surface area contributed by atoms with Gasteiger partial charge in [-0.2, -0.15) is 0 Å². The van der Waals surface area contributed by atoms with Crippen LogP contribution in [0, 0.1) is 5.82 Å². The molecule has 0 radical (unpaired) electrons. The Morgan fingerprint density at radius 3 is 2.40 bits per heavy atom. The fourth-order valence-electron chi connectivity index (χ4n) is 3.51. The predicted molar refractivity (Wildman–Crippen MR) is 106 cm³/mol. The highest BCUT2D eigenvalue weighted by Gasteiger charge is 2.46. The summed E-state index contributed by atoms with van der Waals surface area (Å²) in [6.07, 6.45) is 1.47. The van der Waals surface area contributed by atoms with Gasteiger partial charge in [0.15, 0.2) is 0 Å². The first-order valence-electron chi connectivity index (χ1n) is 9.20. The molecule has 1 aromatic heterocycles. The van der Waals surface area contributed by atoms with E-state index >= 15 is 0 Å². The molecule has 152 valence electrons. The lowest BCUT2D eigenvalue weighted by molar-refractivity contribution is -0.140. The van der Waals surface area contributed by atoms with Gasteiger partial charge in [0.2, 0.25) is 0 Å². The molecule has 1 aliphatic heterocycles. The smallest absolute Gasteiger partial charge is 0.296 e. The number of ether oxygens (including phenoxy) is 1. The molecule has 1 fully saturated rings. The highest BCUT2D eigenvalue weighted by atomic mass is 19.1. The molecule has 2 aromatic carbocycles. The number of halogens is 1. The van der Waals surface area contributed by atoms with Crippen molar-refractivity contribution in [2.45, 2.75) is 12.6 Å². The van der Waals surface area contributed by atoms with Crippen LogP contribution in [0.2, 0.25) is 0 Å². The van der Waals surface area contributed by atoms with Crippen molar-refractivity contribution in [1.82, 2.24) is 4.90 Å². The molecule has 1 N–H and O–H groups in total. The predicted octanol–water partition coefficient (Wildman–Crippen LogP) is 4.05. The zero-order valence-corrected chi connectivity index (χ0v) is 16.0. The zero-order chi connectivity index (χ0) is 21.3. The summed E-state index contributed by atoms with van der Waals surface area (Å²) < 4.78 is 23.9. The molecule has 1 amide bonds. The third-order valence-electron chi connectivity index (χ3n) is 5.00. The minimum absolute atomic E-state index is 0.0268. The number of aliphatic hydroxyl groups is 1. The molecular formula is C23H18FNO5. The van der Waals surface area contributed by atoms with E-state index in [0.717, 1.165) is 0 Å². The van der Waals surface area contributed by atoms with E-state index in [0.29, 0.717) is 22.6 Å². The summed E-state index contributed by atoms with van der Waals surface area (Å²) in [4.78, 5) is 27.0. The normalized spacial score (nSPS) is 18.1. The Bertz CT molecular complexity index is 1100. The van der Waals surface area contributed by atoms with Crippen molar-refractivity contribution >= 4 is 17.4 Å². The SMILES string of the molecule is COc1ccc(/C(O)=C2\C(=O)C(=O)N(Cc3ccco3)[C@@H]2c2ccc(F)cc2)cc1. The molecule has 6 nitrogen and oxygen atoms in total. The Balaban J connectivity index is 1.84. The van der Waals surface area contributed by atoms with Crippen molar-refractivity contribution in [3.8, 4) is 5.75 Å². The number of carbonyl (C=O) groups is 2. The summed E-state index contributed by atoms with van der Waals surface area (Å²) >= 11 is 0. The van der Waals surface area contributed by atoms with E-state index in [1.54, 1.807) is 36.4 Å². The summed E-state index contributed by atoms with van der Waals surface area (Å²) in [5.41, 5.74) is 0.791. The van der Waals surface area contributed by atoms with Crippen LogP contribution in [-0.4, -0.2) is 28.8 Å². The molecule has 0 saturated carbocycles. The molecule has 30 heavy (non-hydrogen) atoms. The maximum absolute atomic E-state index is 13.5. The van der Waals surface area contributed by atoms with Crippen LogP contribution in [0.4, 0.5) is 4.39 Å². The van der Waals surface area contributed by atoms with E-state index in [1.165, 1.54) is 42.5 Å². The van der Waals surface area contributed by atoms with Crippen LogP contribution in [0.5, 0.6) is 5.75 Å². The largest absolute Gasteiger partial charge is 0.507 e. The Morgan fingerprint density at radius 2 is 1.80 bits per heavy atom. The number of rotatable bonds is 5. The van der Waals surface area contributed by atoms with Crippen LogP contribution >= 0.6 is 0 Å². The minimum Gasteiger partial charge on any atom is -0.507 e. The second-order valence-electron chi connectivity index (χ2n) is 6.79. The molecule has 0 spiro atoms. The van der Waals surface area contributed by atoms with Gasteiger partial charge in [-0.15, -0.1) is 0 Å². The number of methoxy groups -OCH3 is 1. The van der Waals surface area contributed by atoms with Crippen molar-refractivity contribution in [2.75, 3.05) is 7.11 Å². The highest BCUT2D eigenvalue weighted by molar-refractivity contribution is 6.46. The fraction of sp³-hybridized carbons (Fsp3) is 0.130. The number of hydrogen-bond acceptors (Lipinski definition) is 5. The fourth-order valence-corrected chi connectivity index (χ4v) is 3.51. The number of hydrogen-bond donors (Lipinski definition) is 1. The van der Waals surface area contributed by atoms with Crippen LogP contribution < -0.4 is 4.74 Å². The van der Waals surface area contributed by atoms with Crippen molar-refractivity contribution in [3.05, 3.63) is 95.2 Å². The number of benzene rings is 2. The summed E-state index contributed by atoms with van der Waals surface area (Å²) in [7, 11) is 1.52. The second kappa shape index (κ2) is 7.87.